The number of benzene rings is 1. The normalized spacial score (nSPS) is 23.1. The van der Waals surface area contributed by atoms with Crippen molar-refractivity contribution >= 4 is 5.97 Å². The molecule has 1 saturated heterocycles. The van der Waals surface area contributed by atoms with Crippen molar-refractivity contribution < 1.29 is 19.4 Å². The molecule has 5 heteroatoms. The maximum absolute atomic E-state index is 10.5. The highest BCUT2D eigenvalue weighted by molar-refractivity contribution is 5.69. The van der Waals surface area contributed by atoms with Gasteiger partial charge < -0.3 is 14.6 Å². The summed E-state index contributed by atoms with van der Waals surface area (Å²) in [5, 5.41) is 11.5. The minimum Gasteiger partial charge on any atom is -0.480 e. The van der Waals surface area contributed by atoms with E-state index in [1.165, 1.54) is 0 Å². The molecule has 1 aliphatic heterocycles. The van der Waals surface area contributed by atoms with Gasteiger partial charge in [-0.2, -0.15) is 0 Å². The number of hydrogen-bond acceptors (Lipinski definition) is 4. The lowest BCUT2D eigenvalue weighted by atomic mass is 10.2. The first-order valence-corrected chi connectivity index (χ1v) is 5.94. The fourth-order valence-electron chi connectivity index (χ4n) is 1.89. The summed E-state index contributed by atoms with van der Waals surface area (Å²) in [5.41, 5.74) is 1.10. The molecule has 0 unspecified atom stereocenters. The SMILES string of the molecule is O=C(O)CN[C@H]1COC[C@@H]1OCc1ccccc1. The van der Waals surface area contributed by atoms with E-state index in [1.807, 2.05) is 30.3 Å². The van der Waals surface area contributed by atoms with E-state index in [1.54, 1.807) is 0 Å². The fraction of sp³-hybridized carbons (Fsp3) is 0.462. The van der Waals surface area contributed by atoms with Gasteiger partial charge in [-0.05, 0) is 5.56 Å². The van der Waals surface area contributed by atoms with Crippen LogP contribution < -0.4 is 5.32 Å². The molecule has 0 aliphatic carbocycles. The molecule has 2 atom stereocenters. The summed E-state index contributed by atoms with van der Waals surface area (Å²) < 4.78 is 11.1. The molecule has 0 bridgehead atoms. The first-order valence-electron chi connectivity index (χ1n) is 5.94. The summed E-state index contributed by atoms with van der Waals surface area (Å²) in [7, 11) is 0. The number of carboxylic acid groups (broad SMARTS) is 1. The number of aliphatic carboxylic acids is 1. The van der Waals surface area contributed by atoms with Crippen LogP contribution in [0.1, 0.15) is 5.56 Å². The largest absolute Gasteiger partial charge is 0.480 e. The van der Waals surface area contributed by atoms with Gasteiger partial charge in [0.15, 0.2) is 0 Å². The van der Waals surface area contributed by atoms with Gasteiger partial charge in [0.25, 0.3) is 0 Å². The average molecular weight is 251 g/mol. The average Bonchev–Trinajstić information content (AvgIpc) is 2.82. The molecule has 1 aromatic carbocycles. The molecule has 0 spiro atoms. The van der Waals surface area contributed by atoms with Crippen LogP contribution in [-0.2, 0) is 20.9 Å². The minimum absolute atomic E-state index is 0.0511. The number of rotatable bonds is 6. The summed E-state index contributed by atoms with van der Waals surface area (Å²) >= 11 is 0. The second-order valence-electron chi connectivity index (χ2n) is 4.25. The highest BCUT2D eigenvalue weighted by atomic mass is 16.5. The lowest BCUT2D eigenvalue weighted by Crippen LogP contribution is -2.42. The summed E-state index contributed by atoms with van der Waals surface area (Å²) in [5.74, 6) is -0.872. The maximum atomic E-state index is 10.5. The van der Waals surface area contributed by atoms with Crippen LogP contribution in [0.15, 0.2) is 30.3 Å². The van der Waals surface area contributed by atoms with E-state index in [0.29, 0.717) is 19.8 Å². The van der Waals surface area contributed by atoms with E-state index in [2.05, 4.69) is 5.32 Å². The predicted molar refractivity (Wildman–Crippen MR) is 65.3 cm³/mol. The van der Waals surface area contributed by atoms with Crippen LogP contribution in [0.5, 0.6) is 0 Å². The van der Waals surface area contributed by atoms with E-state index in [9.17, 15) is 4.79 Å². The predicted octanol–water partition coefficient (Wildman–Crippen LogP) is 0.645. The van der Waals surface area contributed by atoms with Crippen LogP contribution in [0.2, 0.25) is 0 Å². The van der Waals surface area contributed by atoms with Crippen molar-refractivity contribution in [3.05, 3.63) is 35.9 Å². The van der Waals surface area contributed by atoms with Crippen LogP contribution in [0.4, 0.5) is 0 Å². The number of ether oxygens (including phenoxy) is 2. The van der Waals surface area contributed by atoms with Crippen molar-refractivity contribution in [2.75, 3.05) is 19.8 Å². The van der Waals surface area contributed by atoms with Crippen LogP contribution in [0, 0.1) is 0 Å². The number of hydrogen-bond donors (Lipinski definition) is 2. The standard InChI is InChI=1S/C13H17NO4/c15-13(16)6-14-11-8-17-9-12(11)18-7-10-4-2-1-3-5-10/h1-5,11-12,14H,6-9H2,(H,15,16)/t11-,12-/m0/s1. The second kappa shape index (κ2) is 6.49. The number of carbonyl (C=O) groups is 1. The van der Waals surface area contributed by atoms with E-state index in [-0.39, 0.29) is 18.7 Å². The van der Waals surface area contributed by atoms with Crippen LogP contribution >= 0.6 is 0 Å². The summed E-state index contributed by atoms with van der Waals surface area (Å²) in [6.07, 6.45) is -0.0930. The van der Waals surface area contributed by atoms with Gasteiger partial charge in [-0.1, -0.05) is 30.3 Å². The van der Waals surface area contributed by atoms with E-state index in [0.717, 1.165) is 5.56 Å². The Morgan fingerprint density at radius 3 is 2.89 bits per heavy atom. The minimum atomic E-state index is -0.872. The van der Waals surface area contributed by atoms with E-state index < -0.39 is 5.97 Å². The van der Waals surface area contributed by atoms with E-state index in [4.69, 9.17) is 14.6 Å². The molecular weight excluding hydrogens is 234 g/mol. The van der Waals surface area contributed by atoms with Crippen molar-refractivity contribution in [2.45, 2.75) is 18.8 Å². The van der Waals surface area contributed by atoms with Crippen molar-refractivity contribution in [3.63, 3.8) is 0 Å². The Balaban J connectivity index is 1.79. The summed E-state index contributed by atoms with van der Waals surface area (Å²) in [6, 6.07) is 9.82. The zero-order valence-corrected chi connectivity index (χ0v) is 10.0. The molecule has 98 valence electrons. The Labute approximate surface area is 106 Å². The molecule has 0 radical (unpaired) electrons. The zero-order chi connectivity index (χ0) is 12.8. The van der Waals surface area contributed by atoms with Crippen molar-refractivity contribution in [3.8, 4) is 0 Å². The summed E-state index contributed by atoms with van der Waals surface area (Å²) in [6.45, 7) is 1.44. The zero-order valence-electron chi connectivity index (χ0n) is 10.0. The fourth-order valence-corrected chi connectivity index (χ4v) is 1.89. The lowest BCUT2D eigenvalue weighted by Gasteiger charge is -2.18. The molecule has 1 aliphatic rings. The second-order valence-corrected chi connectivity index (χ2v) is 4.25. The van der Waals surface area contributed by atoms with Gasteiger partial charge in [0.05, 0.1) is 38.5 Å². The highest BCUT2D eigenvalue weighted by Gasteiger charge is 2.28. The molecule has 1 aromatic rings. The van der Waals surface area contributed by atoms with Crippen molar-refractivity contribution in [1.29, 1.82) is 0 Å². The van der Waals surface area contributed by atoms with Crippen LogP contribution in [-0.4, -0.2) is 43.0 Å². The topological polar surface area (TPSA) is 67.8 Å². The maximum Gasteiger partial charge on any atom is 0.317 e. The Bertz CT molecular complexity index is 382. The molecule has 0 saturated carbocycles. The van der Waals surface area contributed by atoms with Gasteiger partial charge in [-0.25, -0.2) is 0 Å². The molecular formula is C13H17NO4. The third kappa shape index (κ3) is 3.80. The van der Waals surface area contributed by atoms with E-state index >= 15 is 0 Å². The third-order valence-electron chi connectivity index (χ3n) is 2.85. The monoisotopic (exact) mass is 251 g/mol. The molecule has 2 N–H and O–H groups in total. The number of nitrogens with one attached hydrogen (secondary N) is 1. The molecule has 0 amide bonds. The quantitative estimate of drug-likeness (QED) is 0.776. The molecule has 1 fully saturated rings. The lowest BCUT2D eigenvalue weighted by molar-refractivity contribution is -0.136. The first-order chi connectivity index (χ1) is 8.75. The number of carboxylic acids is 1. The molecule has 5 nitrogen and oxygen atoms in total. The van der Waals surface area contributed by atoms with Crippen LogP contribution in [0.25, 0.3) is 0 Å². The van der Waals surface area contributed by atoms with Gasteiger partial charge >= 0.3 is 5.97 Å². The molecule has 1 heterocycles. The molecule has 18 heavy (non-hydrogen) atoms. The smallest absolute Gasteiger partial charge is 0.317 e. The Hall–Kier alpha value is -1.43. The Morgan fingerprint density at radius 1 is 1.39 bits per heavy atom. The van der Waals surface area contributed by atoms with Gasteiger partial charge in [0.1, 0.15) is 0 Å². The van der Waals surface area contributed by atoms with Gasteiger partial charge in [0.2, 0.25) is 0 Å². The molecule has 0 aromatic heterocycles. The Kier molecular flexibility index (Phi) is 4.69. The third-order valence-corrected chi connectivity index (χ3v) is 2.85. The van der Waals surface area contributed by atoms with Crippen LogP contribution in [0.3, 0.4) is 0 Å². The first kappa shape index (κ1) is 13.0. The van der Waals surface area contributed by atoms with Crippen molar-refractivity contribution in [1.82, 2.24) is 5.32 Å². The Morgan fingerprint density at radius 2 is 2.17 bits per heavy atom. The van der Waals surface area contributed by atoms with Gasteiger partial charge in [-0.15, -0.1) is 0 Å². The molecule has 2 rings (SSSR count). The highest BCUT2D eigenvalue weighted by Crippen LogP contribution is 2.12. The van der Waals surface area contributed by atoms with Gasteiger partial charge in [-0.3, -0.25) is 10.1 Å². The van der Waals surface area contributed by atoms with Gasteiger partial charge in [0, 0.05) is 0 Å². The summed E-state index contributed by atoms with van der Waals surface area (Å²) in [4.78, 5) is 10.5. The van der Waals surface area contributed by atoms with Crippen molar-refractivity contribution in [2.24, 2.45) is 0 Å².